The quantitative estimate of drug-likeness (QED) is 0.188. The van der Waals surface area contributed by atoms with Crippen molar-refractivity contribution in [3.63, 3.8) is 0 Å². The normalized spacial score (nSPS) is 22.9. The summed E-state index contributed by atoms with van der Waals surface area (Å²) in [5, 5.41) is 20.9. The van der Waals surface area contributed by atoms with Gasteiger partial charge < -0.3 is 14.6 Å². The predicted octanol–water partition coefficient (Wildman–Crippen LogP) is 6.35. The number of rotatable bonds is 9. The smallest absolute Gasteiger partial charge is 0.268 e. The molecule has 1 N–H and O–H groups in total. The van der Waals surface area contributed by atoms with Gasteiger partial charge in [-0.3, -0.25) is 14.4 Å². The van der Waals surface area contributed by atoms with Crippen molar-refractivity contribution in [2.75, 3.05) is 12.0 Å². The summed E-state index contributed by atoms with van der Waals surface area (Å²) >= 11 is 0. The van der Waals surface area contributed by atoms with Crippen molar-refractivity contribution in [3.05, 3.63) is 132 Å². The van der Waals surface area contributed by atoms with Gasteiger partial charge in [0.1, 0.15) is 17.5 Å². The largest absolute Gasteiger partial charge is 0.497 e. The first kappa shape index (κ1) is 31.0. The number of ether oxygens (including phenoxy) is 2. The minimum Gasteiger partial charge on any atom is -0.497 e. The maximum atomic E-state index is 14.9. The molecule has 1 spiro atoms. The molecule has 1 fully saturated rings. The summed E-state index contributed by atoms with van der Waals surface area (Å²) in [6.07, 6.45) is 1.35. The zero-order valence-electron chi connectivity index (χ0n) is 27.2. The highest BCUT2D eigenvalue weighted by Crippen LogP contribution is 2.60. The van der Waals surface area contributed by atoms with E-state index in [-0.39, 0.29) is 23.5 Å². The summed E-state index contributed by atoms with van der Waals surface area (Å²) in [6, 6.07) is 35.8. The Morgan fingerprint density at radius 3 is 2.30 bits per heavy atom. The Balaban J connectivity index is 1.26. The summed E-state index contributed by atoms with van der Waals surface area (Å²) in [7, 11) is -0.605. The van der Waals surface area contributed by atoms with Crippen LogP contribution in [-0.4, -0.2) is 47.3 Å². The molecule has 1 aromatic heterocycles. The summed E-state index contributed by atoms with van der Waals surface area (Å²) in [5.41, 5.74) is 2.85. The first-order valence-corrected chi connectivity index (χ1v) is 19.3. The van der Waals surface area contributed by atoms with Crippen molar-refractivity contribution in [1.29, 1.82) is 0 Å². The van der Waals surface area contributed by atoms with Crippen molar-refractivity contribution in [2.24, 2.45) is 5.92 Å². The SMILES string of the molecule is COc1ccc([Si](C)(C)[C@@H]2[C@@H](CCn3cc([C@H](O)c4ccccc4)nn3)O[C@]3(C(=O)N(c4ccccc4)c4ccccc43)[C@H]2C)cc1. The van der Waals surface area contributed by atoms with E-state index in [2.05, 4.69) is 48.5 Å². The number of fused-ring (bicyclic) bond motifs is 2. The molecule has 9 heteroatoms. The second kappa shape index (κ2) is 12.2. The lowest BCUT2D eigenvalue weighted by Gasteiger charge is -2.37. The number of aromatic nitrogens is 3. The Morgan fingerprint density at radius 2 is 1.60 bits per heavy atom. The molecule has 0 bridgehead atoms. The lowest BCUT2D eigenvalue weighted by atomic mass is 9.82. The van der Waals surface area contributed by atoms with Gasteiger partial charge in [0.25, 0.3) is 5.91 Å². The topological polar surface area (TPSA) is 89.7 Å². The van der Waals surface area contributed by atoms with Crippen LogP contribution in [0.4, 0.5) is 11.4 Å². The van der Waals surface area contributed by atoms with E-state index in [1.807, 2.05) is 95.9 Å². The van der Waals surface area contributed by atoms with E-state index in [9.17, 15) is 9.90 Å². The van der Waals surface area contributed by atoms with Crippen LogP contribution in [0.5, 0.6) is 5.75 Å². The fraction of sp³-hybridized carbons (Fsp3) is 0.289. The van der Waals surface area contributed by atoms with Gasteiger partial charge in [-0.2, -0.15) is 0 Å². The van der Waals surface area contributed by atoms with Crippen LogP contribution in [0.2, 0.25) is 18.6 Å². The summed E-state index contributed by atoms with van der Waals surface area (Å²) in [4.78, 5) is 16.7. The van der Waals surface area contributed by atoms with Crippen LogP contribution in [0.3, 0.4) is 0 Å². The molecular formula is C38H40N4O4Si. The fourth-order valence-corrected chi connectivity index (χ4v) is 12.0. The van der Waals surface area contributed by atoms with Gasteiger partial charge in [0.05, 0.1) is 33.2 Å². The van der Waals surface area contributed by atoms with Crippen molar-refractivity contribution in [2.45, 2.75) is 56.3 Å². The standard InChI is InChI=1S/C38H40N4O4Si/c1-26-36(47(3,4)30-21-19-29(45-2)20-22-30)34(23-24-41-25-32(39-40-41)35(43)27-13-7-5-8-14-27)46-38(26)31-17-11-12-18-33(31)42(37(38)44)28-15-9-6-10-16-28/h5-22,25-26,34-36,43H,23-24H2,1-4H3/t26-,34+,35+,36-,38+/m0/s1. The van der Waals surface area contributed by atoms with Crippen molar-refractivity contribution >= 4 is 30.5 Å². The van der Waals surface area contributed by atoms with Gasteiger partial charge in [-0.25, -0.2) is 0 Å². The van der Waals surface area contributed by atoms with E-state index in [0.29, 0.717) is 18.7 Å². The van der Waals surface area contributed by atoms with E-state index < -0.39 is 19.8 Å². The molecule has 47 heavy (non-hydrogen) atoms. The molecule has 2 aliphatic heterocycles. The summed E-state index contributed by atoms with van der Waals surface area (Å²) in [6.45, 7) is 7.50. The monoisotopic (exact) mass is 644 g/mol. The maximum Gasteiger partial charge on any atom is 0.268 e. The molecule has 8 nitrogen and oxygen atoms in total. The molecule has 0 unspecified atom stereocenters. The molecule has 0 saturated carbocycles. The third kappa shape index (κ3) is 5.19. The molecule has 1 saturated heterocycles. The predicted molar refractivity (Wildman–Crippen MR) is 185 cm³/mol. The van der Waals surface area contributed by atoms with Crippen LogP contribution in [0, 0.1) is 5.92 Å². The number of aryl methyl sites for hydroxylation is 1. The number of carbonyl (C=O) groups excluding carboxylic acids is 1. The van der Waals surface area contributed by atoms with Crippen molar-refractivity contribution in [1.82, 2.24) is 15.0 Å². The molecule has 240 valence electrons. The Morgan fingerprint density at radius 1 is 0.936 bits per heavy atom. The van der Waals surface area contributed by atoms with Crippen LogP contribution in [0.25, 0.3) is 0 Å². The molecular weight excluding hydrogens is 605 g/mol. The number of methoxy groups -OCH3 is 1. The number of aliphatic hydroxyl groups excluding tert-OH is 1. The minimum absolute atomic E-state index is 0.0431. The first-order chi connectivity index (χ1) is 22.8. The van der Waals surface area contributed by atoms with Gasteiger partial charge in [0, 0.05) is 23.7 Å². The summed E-state index contributed by atoms with van der Waals surface area (Å²) in [5.74, 6) is 0.670. The van der Waals surface area contributed by atoms with E-state index in [0.717, 1.165) is 28.3 Å². The van der Waals surface area contributed by atoms with Crippen LogP contribution < -0.4 is 14.8 Å². The lowest BCUT2D eigenvalue weighted by Crippen LogP contribution is -2.51. The molecule has 5 atom stereocenters. The number of para-hydroxylation sites is 2. The number of hydrogen-bond acceptors (Lipinski definition) is 6. The minimum atomic E-state index is -2.29. The molecule has 1 amide bonds. The maximum absolute atomic E-state index is 14.9. The summed E-state index contributed by atoms with van der Waals surface area (Å²) < 4.78 is 14.5. The van der Waals surface area contributed by atoms with E-state index in [1.54, 1.807) is 18.0 Å². The third-order valence-corrected chi connectivity index (χ3v) is 14.6. The van der Waals surface area contributed by atoms with Crippen LogP contribution >= 0.6 is 0 Å². The van der Waals surface area contributed by atoms with Gasteiger partial charge in [-0.1, -0.05) is 109 Å². The number of benzene rings is 4. The van der Waals surface area contributed by atoms with E-state index in [4.69, 9.17) is 9.47 Å². The molecule has 0 aliphatic carbocycles. The van der Waals surface area contributed by atoms with Crippen LogP contribution in [0.1, 0.15) is 36.3 Å². The van der Waals surface area contributed by atoms with Gasteiger partial charge in [-0.15, -0.1) is 5.10 Å². The zero-order valence-corrected chi connectivity index (χ0v) is 28.2. The lowest BCUT2D eigenvalue weighted by molar-refractivity contribution is -0.145. The van der Waals surface area contributed by atoms with Gasteiger partial charge >= 0.3 is 0 Å². The second-order valence-corrected chi connectivity index (χ2v) is 17.8. The van der Waals surface area contributed by atoms with E-state index in [1.165, 1.54) is 5.19 Å². The third-order valence-electron chi connectivity index (χ3n) is 10.3. The number of anilines is 2. The second-order valence-electron chi connectivity index (χ2n) is 13.2. The number of carbonyl (C=O) groups is 1. The number of hydrogen-bond donors (Lipinski definition) is 1. The Labute approximate surface area is 276 Å². The molecule has 5 aromatic rings. The highest BCUT2D eigenvalue weighted by atomic mass is 28.3. The van der Waals surface area contributed by atoms with Crippen molar-refractivity contribution in [3.8, 4) is 5.75 Å². The van der Waals surface area contributed by atoms with Gasteiger partial charge in [0.2, 0.25) is 0 Å². The number of amides is 1. The number of aliphatic hydroxyl groups is 1. The highest BCUT2D eigenvalue weighted by Gasteiger charge is 2.66. The average molecular weight is 645 g/mol. The highest BCUT2D eigenvalue weighted by molar-refractivity contribution is 6.91. The molecule has 0 radical (unpaired) electrons. The number of nitrogens with zero attached hydrogens (tertiary/aromatic N) is 4. The van der Waals surface area contributed by atoms with E-state index >= 15 is 0 Å². The first-order valence-electron chi connectivity index (χ1n) is 16.2. The van der Waals surface area contributed by atoms with Gasteiger partial charge in [0.15, 0.2) is 5.60 Å². The Bertz CT molecular complexity index is 1860. The molecule has 7 rings (SSSR count). The van der Waals surface area contributed by atoms with Crippen LogP contribution in [0.15, 0.2) is 115 Å². The Hall–Kier alpha value is -4.57. The van der Waals surface area contributed by atoms with Crippen LogP contribution in [-0.2, 0) is 21.7 Å². The average Bonchev–Trinajstić information content (AvgIpc) is 3.77. The fourth-order valence-electron chi connectivity index (χ4n) is 7.91. The Kier molecular flexibility index (Phi) is 8.07. The van der Waals surface area contributed by atoms with Crippen molar-refractivity contribution < 1.29 is 19.4 Å². The van der Waals surface area contributed by atoms with Gasteiger partial charge in [-0.05, 0) is 47.9 Å². The molecule has 3 heterocycles. The molecule has 2 aliphatic rings. The zero-order chi connectivity index (χ0) is 32.8. The molecule has 4 aromatic carbocycles.